The maximum atomic E-state index is 10.4. The first-order valence-electron chi connectivity index (χ1n) is 9.61. The van der Waals surface area contributed by atoms with Gasteiger partial charge in [-0.2, -0.15) is 0 Å². The predicted molar refractivity (Wildman–Crippen MR) is 109 cm³/mol. The van der Waals surface area contributed by atoms with Gasteiger partial charge in [-0.05, 0) is 28.8 Å². The van der Waals surface area contributed by atoms with E-state index in [9.17, 15) is 4.79 Å². The van der Waals surface area contributed by atoms with Crippen LogP contribution in [0.15, 0.2) is 48.5 Å². The minimum absolute atomic E-state index is 0.216. The minimum atomic E-state index is -0.914. The van der Waals surface area contributed by atoms with Crippen molar-refractivity contribution in [1.82, 2.24) is 9.80 Å². The molecule has 0 radical (unpaired) electrons. The molecule has 6 heteroatoms. The maximum absolute atomic E-state index is 10.4. The number of ether oxygens (including phenoxy) is 2. The predicted octanol–water partition coefficient (Wildman–Crippen LogP) is 2.58. The molecule has 1 N–H and O–H groups in total. The fourth-order valence-corrected chi connectivity index (χ4v) is 3.37. The average molecular weight is 384 g/mol. The van der Waals surface area contributed by atoms with Crippen LogP contribution in [0.2, 0.25) is 0 Å². The summed E-state index contributed by atoms with van der Waals surface area (Å²) in [7, 11) is 1.68. The number of hydrogen-bond donors (Lipinski definition) is 1. The van der Waals surface area contributed by atoms with Crippen molar-refractivity contribution >= 4 is 5.97 Å². The second-order valence-corrected chi connectivity index (χ2v) is 6.99. The normalized spacial score (nSPS) is 15.5. The summed E-state index contributed by atoms with van der Waals surface area (Å²) in [6, 6.07) is 16.9. The molecule has 1 fully saturated rings. The third-order valence-corrected chi connectivity index (χ3v) is 5.03. The average Bonchev–Trinajstić information content (AvgIpc) is 2.73. The van der Waals surface area contributed by atoms with Gasteiger partial charge in [0.2, 0.25) is 0 Å². The smallest absolute Gasteiger partial charge is 0.329 e. The number of methoxy groups -OCH3 is 1. The van der Waals surface area contributed by atoms with Crippen molar-refractivity contribution in [3.8, 4) is 16.9 Å². The SMILES string of the molecule is COc1ccc(-c2ccc(CN3CCN(CCOCC(=O)O)CC3)cc2)cc1. The number of nitrogens with zero attached hydrogens (tertiary/aromatic N) is 2. The number of benzene rings is 2. The van der Waals surface area contributed by atoms with Crippen LogP contribution >= 0.6 is 0 Å². The van der Waals surface area contributed by atoms with Gasteiger partial charge in [-0.3, -0.25) is 9.80 Å². The number of piperazine rings is 1. The molecule has 0 unspecified atom stereocenters. The van der Waals surface area contributed by atoms with Crippen molar-refractivity contribution in [3.05, 3.63) is 54.1 Å². The van der Waals surface area contributed by atoms with Gasteiger partial charge in [-0.25, -0.2) is 4.79 Å². The monoisotopic (exact) mass is 384 g/mol. The van der Waals surface area contributed by atoms with Crippen LogP contribution in [0.4, 0.5) is 0 Å². The molecule has 2 aromatic carbocycles. The molecule has 0 aromatic heterocycles. The Labute approximate surface area is 166 Å². The summed E-state index contributed by atoms with van der Waals surface area (Å²) in [4.78, 5) is 15.2. The highest BCUT2D eigenvalue weighted by atomic mass is 16.5. The third-order valence-electron chi connectivity index (χ3n) is 5.03. The Balaban J connectivity index is 1.43. The van der Waals surface area contributed by atoms with E-state index in [0.29, 0.717) is 6.61 Å². The summed E-state index contributed by atoms with van der Waals surface area (Å²) < 4.78 is 10.3. The summed E-state index contributed by atoms with van der Waals surface area (Å²) in [5.74, 6) is -0.0456. The number of hydrogen-bond acceptors (Lipinski definition) is 5. The van der Waals surface area contributed by atoms with E-state index in [-0.39, 0.29) is 6.61 Å². The Morgan fingerprint density at radius 1 is 0.929 bits per heavy atom. The van der Waals surface area contributed by atoms with Crippen LogP contribution < -0.4 is 4.74 Å². The topological polar surface area (TPSA) is 62.2 Å². The summed E-state index contributed by atoms with van der Waals surface area (Å²) in [5, 5.41) is 8.58. The summed E-state index contributed by atoms with van der Waals surface area (Å²) in [5.41, 5.74) is 3.71. The van der Waals surface area contributed by atoms with Gasteiger partial charge in [-0.1, -0.05) is 36.4 Å². The lowest BCUT2D eigenvalue weighted by molar-refractivity contribution is -0.142. The minimum Gasteiger partial charge on any atom is -0.497 e. The van der Waals surface area contributed by atoms with E-state index in [0.717, 1.165) is 45.0 Å². The first-order valence-corrected chi connectivity index (χ1v) is 9.61. The Bertz CT molecular complexity index is 738. The number of carboxylic acids is 1. The maximum Gasteiger partial charge on any atom is 0.329 e. The Kier molecular flexibility index (Phi) is 7.42. The third kappa shape index (κ3) is 6.05. The molecule has 0 spiro atoms. The molecule has 1 aliphatic rings. The summed E-state index contributed by atoms with van der Waals surface area (Å²) in [6.07, 6.45) is 0. The highest BCUT2D eigenvalue weighted by Crippen LogP contribution is 2.23. The van der Waals surface area contributed by atoms with E-state index in [4.69, 9.17) is 14.6 Å². The Morgan fingerprint density at radius 2 is 1.50 bits per heavy atom. The van der Waals surface area contributed by atoms with Crippen LogP contribution in [0.3, 0.4) is 0 Å². The van der Waals surface area contributed by atoms with Gasteiger partial charge in [0.25, 0.3) is 0 Å². The molecule has 1 heterocycles. The summed E-state index contributed by atoms with van der Waals surface area (Å²) in [6.45, 7) is 5.99. The van der Waals surface area contributed by atoms with Crippen molar-refractivity contribution < 1.29 is 19.4 Å². The molecule has 0 aliphatic carbocycles. The Hall–Kier alpha value is -2.41. The van der Waals surface area contributed by atoms with E-state index in [1.54, 1.807) is 7.11 Å². The lowest BCUT2D eigenvalue weighted by Crippen LogP contribution is -2.46. The highest BCUT2D eigenvalue weighted by molar-refractivity contribution is 5.68. The van der Waals surface area contributed by atoms with Crippen molar-refractivity contribution in [2.24, 2.45) is 0 Å². The largest absolute Gasteiger partial charge is 0.497 e. The zero-order chi connectivity index (χ0) is 19.8. The van der Waals surface area contributed by atoms with Gasteiger partial charge in [-0.15, -0.1) is 0 Å². The zero-order valence-electron chi connectivity index (χ0n) is 16.3. The molecular formula is C22H28N2O4. The molecule has 6 nitrogen and oxygen atoms in total. The van der Waals surface area contributed by atoms with E-state index in [1.807, 2.05) is 12.1 Å². The summed E-state index contributed by atoms with van der Waals surface area (Å²) >= 11 is 0. The van der Waals surface area contributed by atoms with Crippen molar-refractivity contribution in [1.29, 1.82) is 0 Å². The van der Waals surface area contributed by atoms with Crippen LogP contribution in [-0.2, 0) is 16.1 Å². The van der Waals surface area contributed by atoms with Gasteiger partial charge >= 0.3 is 5.97 Å². The van der Waals surface area contributed by atoms with Gasteiger partial charge < -0.3 is 14.6 Å². The number of carboxylic acid groups (broad SMARTS) is 1. The van der Waals surface area contributed by atoms with Crippen molar-refractivity contribution in [2.75, 3.05) is 53.0 Å². The molecule has 0 atom stereocenters. The number of rotatable bonds is 9. The lowest BCUT2D eigenvalue weighted by Gasteiger charge is -2.34. The fraction of sp³-hybridized carbons (Fsp3) is 0.409. The zero-order valence-corrected chi connectivity index (χ0v) is 16.3. The molecule has 3 rings (SSSR count). The fourth-order valence-electron chi connectivity index (χ4n) is 3.37. The Morgan fingerprint density at radius 3 is 2.07 bits per heavy atom. The lowest BCUT2D eigenvalue weighted by atomic mass is 10.0. The second kappa shape index (κ2) is 10.2. The molecule has 28 heavy (non-hydrogen) atoms. The molecule has 1 aliphatic heterocycles. The van der Waals surface area contributed by atoms with E-state index >= 15 is 0 Å². The van der Waals surface area contributed by atoms with Crippen LogP contribution in [0.1, 0.15) is 5.56 Å². The van der Waals surface area contributed by atoms with Crippen LogP contribution in [-0.4, -0.2) is 73.9 Å². The first-order chi connectivity index (χ1) is 13.6. The number of carbonyl (C=O) groups is 1. The van der Waals surface area contributed by atoms with Crippen LogP contribution in [0.5, 0.6) is 5.75 Å². The van der Waals surface area contributed by atoms with Gasteiger partial charge in [0.05, 0.1) is 13.7 Å². The van der Waals surface area contributed by atoms with Gasteiger partial charge in [0.1, 0.15) is 12.4 Å². The quantitative estimate of drug-likeness (QED) is 0.671. The van der Waals surface area contributed by atoms with Crippen LogP contribution in [0.25, 0.3) is 11.1 Å². The molecule has 0 saturated carbocycles. The molecule has 0 bridgehead atoms. The van der Waals surface area contributed by atoms with Gasteiger partial charge in [0.15, 0.2) is 0 Å². The standard InChI is InChI=1S/C22H28N2O4/c1-27-21-8-6-20(7-9-21)19-4-2-18(3-5-19)16-24-12-10-23(11-13-24)14-15-28-17-22(25)26/h2-9H,10-17H2,1H3,(H,25,26). The molecule has 0 amide bonds. The van der Waals surface area contributed by atoms with Gasteiger partial charge in [0, 0.05) is 39.3 Å². The highest BCUT2D eigenvalue weighted by Gasteiger charge is 2.16. The van der Waals surface area contributed by atoms with Crippen LogP contribution in [0, 0.1) is 0 Å². The second-order valence-electron chi connectivity index (χ2n) is 6.99. The van der Waals surface area contributed by atoms with Crippen molar-refractivity contribution in [2.45, 2.75) is 6.54 Å². The van der Waals surface area contributed by atoms with E-state index in [1.165, 1.54) is 16.7 Å². The molecule has 1 saturated heterocycles. The molecule has 2 aromatic rings. The molecular weight excluding hydrogens is 356 g/mol. The van der Waals surface area contributed by atoms with E-state index in [2.05, 4.69) is 46.2 Å². The van der Waals surface area contributed by atoms with Crippen molar-refractivity contribution in [3.63, 3.8) is 0 Å². The van der Waals surface area contributed by atoms with E-state index < -0.39 is 5.97 Å². The first kappa shape index (κ1) is 20.3. The number of aliphatic carboxylic acids is 1. The molecule has 150 valence electrons.